The minimum absolute atomic E-state index is 0.0236. The number of phenolic OH excluding ortho intramolecular Hbond substituents is 2. The van der Waals surface area contributed by atoms with Crippen molar-refractivity contribution in [2.75, 3.05) is 7.11 Å². The summed E-state index contributed by atoms with van der Waals surface area (Å²) in [5, 5.41) is 19.5. The summed E-state index contributed by atoms with van der Waals surface area (Å²) in [5.41, 5.74) is 0.897. The highest BCUT2D eigenvalue weighted by atomic mass is 16.5. The van der Waals surface area contributed by atoms with Gasteiger partial charge in [-0.25, -0.2) is 0 Å². The number of hydrogen-bond acceptors (Lipinski definition) is 4. The van der Waals surface area contributed by atoms with Gasteiger partial charge >= 0.3 is 0 Å². The van der Waals surface area contributed by atoms with Gasteiger partial charge in [0.25, 0.3) is 0 Å². The van der Waals surface area contributed by atoms with E-state index in [4.69, 9.17) is 4.74 Å². The van der Waals surface area contributed by atoms with Crippen LogP contribution in [-0.2, 0) is 0 Å². The van der Waals surface area contributed by atoms with Crippen molar-refractivity contribution in [1.29, 1.82) is 0 Å². The third-order valence-corrected chi connectivity index (χ3v) is 2.83. The Labute approximate surface area is 116 Å². The molecule has 0 saturated heterocycles. The Morgan fingerprint density at radius 1 is 1.05 bits per heavy atom. The van der Waals surface area contributed by atoms with Gasteiger partial charge in [-0.05, 0) is 23.8 Å². The number of ether oxygens (including phenoxy) is 1. The minimum atomic E-state index is -0.480. The van der Waals surface area contributed by atoms with Gasteiger partial charge in [-0.1, -0.05) is 36.4 Å². The largest absolute Gasteiger partial charge is 0.504 e. The number of rotatable bonds is 4. The van der Waals surface area contributed by atoms with Crippen molar-refractivity contribution in [1.82, 2.24) is 0 Å². The van der Waals surface area contributed by atoms with Crippen molar-refractivity contribution >= 4 is 11.9 Å². The lowest BCUT2D eigenvalue weighted by Crippen LogP contribution is -1.96. The number of hydrogen-bond donors (Lipinski definition) is 2. The molecule has 2 aromatic carbocycles. The number of phenols is 2. The quantitative estimate of drug-likeness (QED) is 0.509. The number of allylic oxidation sites excluding steroid dienone is 1. The van der Waals surface area contributed by atoms with E-state index >= 15 is 0 Å². The SMILES string of the molecule is COc1ccc(C(=O)/C=C/c2ccccc2)c(O)c1O. The molecule has 0 aromatic heterocycles. The molecule has 2 N–H and O–H groups in total. The molecular weight excluding hydrogens is 256 g/mol. The molecule has 20 heavy (non-hydrogen) atoms. The van der Waals surface area contributed by atoms with Crippen LogP contribution >= 0.6 is 0 Å². The Morgan fingerprint density at radius 3 is 2.40 bits per heavy atom. The van der Waals surface area contributed by atoms with Crippen LogP contribution in [0.5, 0.6) is 17.2 Å². The predicted molar refractivity (Wildman–Crippen MR) is 76.1 cm³/mol. The standard InChI is InChI=1S/C16H14O4/c1-20-14-10-8-12(15(18)16(14)19)13(17)9-7-11-5-3-2-4-6-11/h2-10,18-19H,1H3/b9-7+. The van der Waals surface area contributed by atoms with Gasteiger partial charge in [0.15, 0.2) is 17.3 Å². The molecule has 4 heteroatoms. The summed E-state index contributed by atoms with van der Waals surface area (Å²) < 4.78 is 4.85. The van der Waals surface area contributed by atoms with Gasteiger partial charge in [0.1, 0.15) is 0 Å². The van der Waals surface area contributed by atoms with Crippen molar-refractivity contribution in [3.8, 4) is 17.2 Å². The fourth-order valence-corrected chi connectivity index (χ4v) is 1.75. The molecule has 0 heterocycles. The Bertz CT molecular complexity index is 645. The molecule has 0 atom stereocenters. The highest BCUT2D eigenvalue weighted by Crippen LogP contribution is 2.38. The van der Waals surface area contributed by atoms with Crippen LogP contribution in [0.2, 0.25) is 0 Å². The summed E-state index contributed by atoms with van der Waals surface area (Å²) in [4.78, 5) is 12.0. The average Bonchev–Trinajstić information content (AvgIpc) is 2.48. The molecule has 0 radical (unpaired) electrons. The van der Waals surface area contributed by atoms with E-state index in [1.807, 2.05) is 30.3 Å². The minimum Gasteiger partial charge on any atom is -0.504 e. The lowest BCUT2D eigenvalue weighted by atomic mass is 10.1. The summed E-state index contributed by atoms with van der Waals surface area (Å²) in [6.07, 6.45) is 2.99. The van der Waals surface area contributed by atoms with E-state index in [1.165, 1.54) is 25.3 Å². The molecule has 2 aromatic rings. The van der Waals surface area contributed by atoms with Crippen molar-refractivity contribution in [3.63, 3.8) is 0 Å². The van der Waals surface area contributed by atoms with Crippen molar-refractivity contribution in [2.24, 2.45) is 0 Å². The van der Waals surface area contributed by atoms with Crippen LogP contribution in [-0.4, -0.2) is 23.1 Å². The first-order valence-electron chi connectivity index (χ1n) is 6.00. The molecule has 0 spiro atoms. The molecule has 0 aliphatic heterocycles. The first-order chi connectivity index (χ1) is 9.63. The third kappa shape index (κ3) is 2.80. The molecule has 0 fully saturated rings. The van der Waals surface area contributed by atoms with Crippen LogP contribution in [0.4, 0.5) is 0 Å². The topological polar surface area (TPSA) is 66.8 Å². The molecule has 0 bridgehead atoms. The van der Waals surface area contributed by atoms with Gasteiger partial charge < -0.3 is 14.9 Å². The van der Waals surface area contributed by atoms with E-state index in [1.54, 1.807) is 6.08 Å². The zero-order valence-corrected chi connectivity index (χ0v) is 10.9. The van der Waals surface area contributed by atoms with Gasteiger partial charge in [0.2, 0.25) is 5.75 Å². The maximum absolute atomic E-state index is 12.0. The van der Waals surface area contributed by atoms with E-state index in [2.05, 4.69) is 0 Å². The predicted octanol–water partition coefficient (Wildman–Crippen LogP) is 3.00. The van der Waals surface area contributed by atoms with E-state index in [0.717, 1.165) is 5.56 Å². The van der Waals surface area contributed by atoms with Gasteiger partial charge in [0, 0.05) is 0 Å². The maximum atomic E-state index is 12.0. The molecule has 0 amide bonds. The van der Waals surface area contributed by atoms with Crippen LogP contribution in [0, 0.1) is 0 Å². The second-order valence-corrected chi connectivity index (χ2v) is 4.12. The molecule has 0 saturated carbocycles. The second-order valence-electron chi connectivity index (χ2n) is 4.12. The maximum Gasteiger partial charge on any atom is 0.201 e. The van der Waals surface area contributed by atoms with Crippen molar-refractivity contribution < 1.29 is 19.7 Å². The number of ketones is 1. The number of methoxy groups -OCH3 is 1. The summed E-state index contributed by atoms with van der Waals surface area (Å²) >= 11 is 0. The Hall–Kier alpha value is -2.75. The lowest BCUT2D eigenvalue weighted by molar-refractivity contribution is 0.104. The zero-order chi connectivity index (χ0) is 14.5. The molecule has 102 valence electrons. The van der Waals surface area contributed by atoms with Crippen LogP contribution in [0.1, 0.15) is 15.9 Å². The van der Waals surface area contributed by atoms with E-state index in [0.29, 0.717) is 0 Å². The third-order valence-electron chi connectivity index (χ3n) is 2.83. The number of carbonyl (C=O) groups excluding carboxylic acids is 1. The Kier molecular flexibility index (Phi) is 4.05. The Morgan fingerprint density at radius 2 is 1.75 bits per heavy atom. The van der Waals surface area contributed by atoms with Gasteiger partial charge in [-0.3, -0.25) is 4.79 Å². The summed E-state index contributed by atoms with van der Waals surface area (Å²) in [6, 6.07) is 12.2. The first kappa shape index (κ1) is 13.7. The molecule has 0 aliphatic rings. The average molecular weight is 270 g/mol. The molecule has 2 rings (SSSR count). The zero-order valence-electron chi connectivity index (χ0n) is 10.9. The lowest BCUT2D eigenvalue weighted by Gasteiger charge is -2.07. The fourth-order valence-electron chi connectivity index (χ4n) is 1.75. The van der Waals surface area contributed by atoms with Crippen LogP contribution < -0.4 is 4.74 Å². The van der Waals surface area contributed by atoms with E-state index < -0.39 is 17.3 Å². The smallest absolute Gasteiger partial charge is 0.201 e. The molecule has 0 aliphatic carbocycles. The Balaban J connectivity index is 2.26. The van der Waals surface area contributed by atoms with Gasteiger partial charge in [0.05, 0.1) is 12.7 Å². The number of benzene rings is 2. The summed E-state index contributed by atoms with van der Waals surface area (Å²) in [7, 11) is 1.37. The normalized spacial score (nSPS) is 10.7. The van der Waals surface area contributed by atoms with Crippen molar-refractivity contribution in [3.05, 3.63) is 59.7 Å². The highest BCUT2D eigenvalue weighted by Gasteiger charge is 2.15. The first-order valence-corrected chi connectivity index (χ1v) is 6.00. The fraction of sp³-hybridized carbons (Fsp3) is 0.0625. The summed E-state index contributed by atoms with van der Waals surface area (Å²) in [6.45, 7) is 0. The van der Waals surface area contributed by atoms with E-state index in [-0.39, 0.29) is 11.3 Å². The van der Waals surface area contributed by atoms with Crippen molar-refractivity contribution in [2.45, 2.75) is 0 Å². The van der Waals surface area contributed by atoms with Crippen LogP contribution in [0.15, 0.2) is 48.5 Å². The molecule has 0 unspecified atom stereocenters. The van der Waals surface area contributed by atoms with Gasteiger partial charge in [-0.2, -0.15) is 0 Å². The molecular formula is C16H14O4. The summed E-state index contributed by atoms with van der Waals surface area (Å²) in [5.74, 6) is -1.20. The van der Waals surface area contributed by atoms with Gasteiger partial charge in [-0.15, -0.1) is 0 Å². The van der Waals surface area contributed by atoms with E-state index in [9.17, 15) is 15.0 Å². The highest BCUT2D eigenvalue weighted by molar-refractivity contribution is 6.09. The second kappa shape index (κ2) is 5.93. The molecule has 4 nitrogen and oxygen atoms in total. The van der Waals surface area contributed by atoms with Crippen LogP contribution in [0.25, 0.3) is 6.08 Å². The number of aromatic hydroxyl groups is 2. The number of carbonyl (C=O) groups is 1. The monoisotopic (exact) mass is 270 g/mol. The van der Waals surface area contributed by atoms with Crippen LogP contribution in [0.3, 0.4) is 0 Å².